The van der Waals surface area contributed by atoms with Gasteiger partial charge in [-0.05, 0) is 49.2 Å². The van der Waals surface area contributed by atoms with Gasteiger partial charge in [0.1, 0.15) is 6.61 Å². The van der Waals surface area contributed by atoms with Gasteiger partial charge in [0.05, 0.1) is 7.11 Å². The first-order chi connectivity index (χ1) is 13.7. The molecule has 1 aliphatic rings. The molecule has 0 aliphatic carbocycles. The molecule has 0 bridgehead atoms. The topological polar surface area (TPSA) is 89.7 Å². The molecule has 1 aromatic carbocycles. The predicted molar refractivity (Wildman–Crippen MR) is 108 cm³/mol. The Morgan fingerprint density at radius 3 is 3.00 bits per heavy atom. The number of benzene rings is 1. The van der Waals surface area contributed by atoms with Crippen molar-refractivity contribution in [3.63, 3.8) is 0 Å². The van der Waals surface area contributed by atoms with Crippen LogP contribution in [0.15, 0.2) is 42.7 Å². The van der Waals surface area contributed by atoms with Crippen molar-refractivity contribution in [2.75, 3.05) is 33.4 Å². The summed E-state index contributed by atoms with van der Waals surface area (Å²) in [5, 5.41) is 3.15. The van der Waals surface area contributed by atoms with E-state index >= 15 is 0 Å². The summed E-state index contributed by atoms with van der Waals surface area (Å²) >= 11 is 0. The second kappa shape index (κ2) is 10.1. The first-order valence-corrected chi connectivity index (χ1v) is 9.62. The molecule has 0 spiro atoms. The van der Waals surface area contributed by atoms with Crippen LogP contribution >= 0.6 is 0 Å². The van der Waals surface area contributed by atoms with E-state index in [0.717, 1.165) is 32.5 Å². The molecule has 0 radical (unpaired) electrons. The Morgan fingerprint density at radius 2 is 2.25 bits per heavy atom. The molecule has 0 unspecified atom stereocenters. The lowest BCUT2D eigenvalue weighted by Gasteiger charge is -2.33. The molecule has 1 atom stereocenters. The average molecular weight is 384 g/mol. The SMILES string of the molecule is COc1ccc(C(=O)N[C@H]2CCCN(Cc3cccnc3)C2)cc1OCCN. The van der Waals surface area contributed by atoms with Crippen LogP contribution in [0.3, 0.4) is 0 Å². The third kappa shape index (κ3) is 5.43. The van der Waals surface area contributed by atoms with Gasteiger partial charge in [-0.2, -0.15) is 0 Å². The van der Waals surface area contributed by atoms with Crippen LogP contribution in [0.5, 0.6) is 11.5 Å². The molecule has 2 heterocycles. The number of piperidine rings is 1. The molecule has 3 rings (SSSR count). The van der Waals surface area contributed by atoms with Crippen LogP contribution < -0.4 is 20.5 Å². The summed E-state index contributed by atoms with van der Waals surface area (Å²) in [5.41, 5.74) is 7.24. The highest BCUT2D eigenvalue weighted by Gasteiger charge is 2.22. The summed E-state index contributed by atoms with van der Waals surface area (Å²) in [7, 11) is 1.57. The number of hydrogen-bond donors (Lipinski definition) is 2. The van der Waals surface area contributed by atoms with Crippen LogP contribution in [-0.4, -0.2) is 55.2 Å². The lowest BCUT2D eigenvalue weighted by Crippen LogP contribution is -2.47. The fourth-order valence-electron chi connectivity index (χ4n) is 3.44. The highest BCUT2D eigenvalue weighted by atomic mass is 16.5. The minimum Gasteiger partial charge on any atom is -0.493 e. The number of carbonyl (C=O) groups is 1. The van der Waals surface area contributed by atoms with Gasteiger partial charge in [-0.25, -0.2) is 0 Å². The summed E-state index contributed by atoms with van der Waals surface area (Å²) in [5.74, 6) is 1.02. The summed E-state index contributed by atoms with van der Waals surface area (Å²) in [4.78, 5) is 19.3. The van der Waals surface area contributed by atoms with Gasteiger partial charge in [0.15, 0.2) is 11.5 Å². The summed E-state index contributed by atoms with van der Waals surface area (Å²) < 4.78 is 10.9. The van der Waals surface area contributed by atoms with Crippen molar-refractivity contribution < 1.29 is 14.3 Å². The Hall–Kier alpha value is -2.64. The van der Waals surface area contributed by atoms with Gasteiger partial charge in [0.2, 0.25) is 0 Å². The van der Waals surface area contributed by atoms with Crippen molar-refractivity contribution in [3.05, 3.63) is 53.9 Å². The van der Waals surface area contributed by atoms with Crippen molar-refractivity contribution in [1.29, 1.82) is 0 Å². The van der Waals surface area contributed by atoms with Crippen LogP contribution in [0, 0.1) is 0 Å². The number of likely N-dealkylation sites (tertiary alicyclic amines) is 1. The number of hydrogen-bond acceptors (Lipinski definition) is 6. The van der Waals surface area contributed by atoms with E-state index in [1.807, 2.05) is 12.3 Å². The maximum Gasteiger partial charge on any atom is 0.251 e. The second-order valence-corrected chi connectivity index (χ2v) is 6.91. The zero-order valence-corrected chi connectivity index (χ0v) is 16.3. The quantitative estimate of drug-likeness (QED) is 0.722. The smallest absolute Gasteiger partial charge is 0.251 e. The molecule has 1 saturated heterocycles. The summed E-state index contributed by atoms with van der Waals surface area (Å²) in [6.07, 6.45) is 5.70. The minimum atomic E-state index is -0.103. The minimum absolute atomic E-state index is 0.103. The van der Waals surface area contributed by atoms with E-state index in [9.17, 15) is 4.79 Å². The average Bonchev–Trinajstić information content (AvgIpc) is 2.73. The molecule has 0 saturated carbocycles. The number of nitrogens with two attached hydrogens (primary N) is 1. The Labute approximate surface area is 165 Å². The number of nitrogens with one attached hydrogen (secondary N) is 1. The number of pyridine rings is 1. The van der Waals surface area contributed by atoms with Crippen molar-refractivity contribution in [3.8, 4) is 11.5 Å². The molecule has 7 heteroatoms. The molecule has 3 N–H and O–H groups in total. The lowest BCUT2D eigenvalue weighted by molar-refractivity contribution is 0.0900. The van der Waals surface area contributed by atoms with Crippen molar-refractivity contribution in [2.24, 2.45) is 5.73 Å². The maximum atomic E-state index is 12.7. The Bertz CT molecular complexity index is 770. The third-order valence-electron chi connectivity index (χ3n) is 4.77. The van der Waals surface area contributed by atoms with Crippen LogP contribution in [0.1, 0.15) is 28.8 Å². The summed E-state index contributed by atoms with van der Waals surface area (Å²) in [6, 6.07) is 9.35. The highest BCUT2D eigenvalue weighted by Crippen LogP contribution is 2.28. The van der Waals surface area contributed by atoms with Crippen LogP contribution in [0.4, 0.5) is 0 Å². The number of ether oxygens (including phenoxy) is 2. The third-order valence-corrected chi connectivity index (χ3v) is 4.77. The standard InChI is InChI=1S/C21H28N4O3/c1-27-19-7-6-17(12-20(19)28-11-8-22)21(26)24-18-5-3-10-25(15-18)14-16-4-2-9-23-13-16/h2,4,6-7,9,12-13,18H,3,5,8,10-11,14-15,22H2,1H3,(H,24,26)/t18-/m0/s1. The molecule has 1 aliphatic heterocycles. The second-order valence-electron chi connectivity index (χ2n) is 6.91. The monoisotopic (exact) mass is 384 g/mol. The van der Waals surface area contributed by atoms with Crippen LogP contribution in [0.2, 0.25) is 0 Å². The van der Waals surface area contributed by atoms with E-state index in [4.69, 9.17) is 15.2 Å². The van der Waals surface area contributed by atoms with E-state index in [2.05, 4.69) is 21.3 Å². The van der Waals surface area contributed by atoms with Gasteiger partial charge < -0.3 is 20.5 Å². The van der Waals surface area contributed by atoms with Gasteiger partial charge in [-0.15, -0.1) is 0 Å². The van der Waals surface area contributed by atoms with Crippen molar-refractivity contribution in [1.82, 2.24) is 15.2 Å². The number of carbonyl (C=O) groups excluding carboxylic acids is 1. The molecule has 1 aromatic heterocycles. The van der Waals surface area contributed by atoms with Crippen molar-refractivity contribution >= 4 is 5.91 Å². The molecule has 7 nitrogen and oxygen atoms in total. The Kier molecular flexibility index (Phi) is 7.22. The normalized spacial score (nSPS) is 17.1. The fraction of sp³-hybridized carbons (Fsp3) is 0.429. The van der Waals surface area contributed by atoms with E-state index in [0.29, 0.717) is 30.2 Å². The number of amides is 1. The molecule has 28 heavy (non-hydrogen) atoms. The molecule has 2 aromatic rings. The largest absolute Gasteiger partial charge is 0.493 e. The maximum absolute atomic E-state index is 12.7. The number of rotatable bonds is 8. The van der Waals surface area contributed by atoms with E-state index < -0.39 is 0 Å². The van der Waals surface area contributed by atoms with Crippen LogP contribution in [0.25, 0.3) is 0 Å². The van der Waals surface area contributed by atoms with Gasteiger partial charge in [-0.3, -0.25) is 14.7 Å². The molecule has 1 amide bonds. The van der Waals surface area contributed by atoms with Gasteiger partial charge >= 0.3 is 0 Å². The lowest BCUT2D eigenvalue weighted by atomic mass is 10.0. The first-order valence-electron chi connectivity index (χ1n) is 9.62. The van der Waals surface area contributed by atoms with E-state index in [1.165, 1.54) is 5.56 Å². The molecular weight excluding hydrogens is 356 g/mol. The first kappa shape index (κ1) is 20.1. The molecule has 150 valence electrons. The van der Waals surface area contributed by atoms with Gasteiger partial charge in [0, 0.05) is 43.6 Å². The van der Waals surface area contributed by atoms with E-state index in [1.54, 1.807) is 31.5 Å². The number of aromatic nitrogens is 1. The number of methoxy groups -OCH3 is 1. The fourth-order valence-corrected chi connectivity index (χ4v) is 3.44. The van der Waals surface area contributed by atoms with Crippen molar-refractivity contribution in [2.45, 2.75) is 25.4 Å². The molecule has 1 fully saturated rings. The summed E-state index contributed by atoms with van der Waals surface area (Å²) in [6.45, 7) is 3.47. The number of nitrogens with zero attached hydrogens (tertiary/aromatic N) is 2. The zero-order chi connectivity index (χ0) is 19.8. The molecular formula is C21H28N4O3. The zero-order valence-electron chi connectivity index (χ0n) is 16.3. The van der Waals surface area contributed by atoms with Gasteiger partial charge in [-0.1, -0.05) is 6.07 Å². The highest BCUT2D eigenvalue weighted by molar-refractivity contribution is 5.95. The Morgan fingerprint density at radius 1 is 1.36 bits per heavy atom. The van der Waals surface area contributed by atoms with Gasteiger partial charge in [0.25, 0.3) is 5.91 Å². The predicted octanol–water partition coefficient (Wildman–Crippen LogP) is 1.82. The van der Waals surface area contributed by atoms with E-state index in [-0.39, 0.29) is 11.9 Å². The van der Waals surface area contributed by atoms with Crippen LogP contribution in [-0.2, 0) is 6.54 Å². The Balaban J connectivity index is 1.60.